The van der Waals surface area contributed by atoms with E-state index in [1.54, 1.807) is 12.1 Å². The maximum atomic E-state index is 13.8. The third-order valence-electron chi connectivity index (χ3n) is 3.41. The van der Waals surface area contributed by atoms with Gasteiger partial charge in [-0.1, -0.05) is 24.3 Å². The van der Waals surface area contributed by atoms with Crippen molar-refractivity contribution in [2.24, 2.45) is 0 Å². The average Bonchev–Trinajstić information content (AvgIpc) is 2.33. The van der Waals surface area contributed by atoms with Gasteiger partial charge >= 0.3 is 0 Å². The number of ketones is 1. The van der Waals surface area contributed by atoms with E-state index in [0.717, 1.165) is 22.3 Å². The van der Waals surface area contributed by atoms with E-state index in [4.69, 9.17) is 0 Å². The molecule has 2 aromatic carbocycles. The first kappa shape index (κ1) is 13.5. The standard InChI is InChI=1S/C17H17FO/c1-11-7-8-14(16(18)9-11)17(19)10-15-12(2)5-4-6-13(15)3/h4-9H,10H2,1-3H3. The second-order valence-corrected chi connectivity index (χ2v) is 4.95. The highest BCUT2D eigenvalue weighted by Gasteiger charge is 2.14. The minimum absolute atomic E-state index is 0.171. The summed E-state index contributed by atoms with van der Waals surface area (Å²) in [6.45, 7) is 5.76. The maximum Gasteiger partial charge on any atom is 0.170 e. The highest BCUT2D eigenvalue weighted by Crippen LogP contribution is 2.18. The summed E-state index contributed by atoms with van der Waals surface area (Å²) in [7, 11) is 0. The molecule has 0 atom stereocenters. The van der Waals surface area contributed by atoms with Crippen LogP contribution in [0.15, 0.2) is 36.4 Å². The van der Waals surface area contributed by atoms with Crippen LogP contribution in [0.3, 0.4) is 0 Å². The third-order valence-corrected chi connectivity index (χ3v) is 3.41. The Morgan fingerprint density at radius 2 is 1.68 bits per heavy atom. The van der Waals surface area contributed by atoms with Crippen molar-refractivity contribution in [1.82, 2.24) is 0 Å². The molecule has 2 heteroatoms. The van der Waals surface area contributed by atoms with Crippen molar-refractivity contribution in [3.05, 3.63) is 70.0 Å². The summed E-state index contributed by atoms with van der Waals surface area (Å²) in [4.78, 5) is 12.2. The fourth-order valence-electron chi connectivity index (χ4n) is 2.23. The maximum absolute atomic E-state index is 13.8. The highest BCUT2D eigenvalue weighted by atomic mass is 19.1. The van der Waals surface area contributed by atoms with Crippen molar-refractivity contribution < 1.29 is 9.18 Å². The van der Waals surface area contributed by atoms with E-state index < -0.39 is 5.82 Å². The predicted molar refractivity (Wildman–Crippen MR) is 75.1 cm³/mol. The quantitative estimate of drug-likeness (QED) is 0.753. The summed E-state index contributed by atoms with van der Waals surface area (Å²) in [5, 5.41) is 0. The highest BCUT2D eigenvalue weighted by molar-refractivity contribution is 5.98. The molecule has 0 aliphatic rings. The van der Waals surface area contributed by atoms with Crippen LogP contribution in [0.2, 0.25) is 0 Å². The third kappa shape index (κ3) is 2.90. The zero-order valence-corrected chi connectivity index (χ0v) is 11.5. The molecule has 0 amide bonds. The Morgan fingerprint density at radius 1 is 1.05 bits per heavy atom. The molecule has 1 nitrogen and oxygen atoms in total. The number of halogens is 1. The van der Waals surface area contributed by atoms with Gasteiger partial charge in [0.05, 0.1) is 5.56 Å². The molecule has 0 saturated heterocycles. The number of carbonyl (C=O) groups is 1. The average molecular weight is 256 g/mol. The fraction of sp³-hybridized carbons (Fsp3) is 0.235. The molecule has 0 aromatic heterocycles. The van der Waals surface area contributed by atoms with Crippen molar-refractivity contribution in [3.63, 3.8) is 0 Å². The number of rotatable bonds is 3. The molecule has 0 heterocycles. The van der Waals surface area contributed by atoms with E-state index in [9.17, 15) is 9.18 Å². The molecule has 2 aromatic rings. The molecular formula is C17H17FO. The number of Topliss-reactive ketones (excluding diaryl/α,β-unsaturated/α-hetero) is 1. The van der Waals surface area contributed by atoms with Gasteiger partial charge in [-0.2, -0.15) is 0 Å². The molecule has 0 bridgehead atoms. The lowest BCUT2D eigenvalue weighted by Gasteiger charge is -2.09. The van der Waals surface area contributed by atoms with Crippen LogP contribution in [0.1, 0.15) is 32.6 Å². The van der Waals surface area contributed by atoms with Gasteiger partial charge in [0.25, 0.3) is 0 Å². The second kappa shape index (κ2) is 5.35. The van der Waals surface area contributed by atoms with Gasteiger partial charge in [0, 0.05) is 6.42 Å². The van der Waals surface area contributed by atoms with Crippen LogP contribution >= 0.6 is 0 Å². The van der Waals surface area contributed by atoms with Crippen molar-refractivity contribution in [3.8, 4) is 0 Å². The first-order valence-corrected chi connectivity index (χ1v) is 6.33. The lowest BCUT2D eigenvalue weighted by Crippen LogP contribution is -2.08. The number of benzene rings is 2. The van der Waals surface area contributed by atoms with Gasteiger partial charge in [-0.05, 0) is 55.2 Å². The van der Waals surface area contributed by atoms with Gasteiger partial charge < -0.3 is 0 Å². The van der Waals surface area contributed by atoms with Gasteiger partial charge in [-0.15, -0.1) is 0 Å². The van der Waals surface area contributed by atoms with E-state index >= 15 is 0 Å². The SMILES string of the molecule is Cc1ccc(C(=O)Cc2c(C)cccc2C)c(F)c1. The van der Waals surface area contributed by atoms with E-state index in [-0.39, 0.29) is 17.8 Å². The van der Waals surface area contributed by atoms with Gasteiger partial charge in [-0.25, -0.2) is 4.39 Å². The number of hydrogen-bond donors (Lipinski definition) is 0. The Morgan fingerprint density at radius 3 is 2.26 bits per heavy atom. The smallest absolute Gasteiger partial charge is 0.170 e. The predicted octanol–water partition coefficient (Wildman–Crippen LogP) is 4.18. The molecular weight excluding hydrogens is 239 g/mol. The van der Waals surface area contributed by atoms with Crippen LogP contribution in [0, 0.1) is 26.6 Å². The van der Waals surface area contributed by atoms with Crippen LogP contribution in [0.5, 0.6) is 0 Å². The molecule has 0 aliphatic heterocycles. The summed E-state index contributed by atoms with van der Waals surface area (Å²) in [6.07, 6.45) is 0.248. The summed E-state index contributed by atoms with van der Waals surface area (Å²) < 4.78 is 13.8. The molecule has 0 N–H and O–H groups in total. The molecule has 0 radical (unpaired) electrons. The van der Waals surface area contributed by atoms with Crippen molar-refractivity contribution in [2.45, 2.75) is 27.2 Å². The van der Waals surface area contributed by atoms with Crippen molar-refractivity contribution in [1.29, 1.82) is 0 Å². The lowest BCUT2D eigenvalue weighted by atomic mass is 9.95. The molecule has 19 heavy (non-hydrogen) atoms. The van der Waals surface area contributed by atoms with Crippen molar-refractivity contribution >= 4 is 5.78 Å². The van der Waals surface area contributed by atoms with Crippen LogP contribution < -0.4 is 0 Å². The number of carbonyl (C=O) groups excluding carboxylic acids is 1. The minimum Gasteiger partial charge on any atom is -0.294 e. The minimum atomic E-state index is -0.434. The van der Waals surface area contributed by atoms with E-state index in [1.807, 2.05) is 39.0 Å². The lowest BCUT2D eigenvalue weighted by molar-refractivity contribution is 0.0988. The fourth-order valence-corrected chi connectivity index (χ4v) is 2.23. The largest absolute Gasteiger partial charge is 0.294 e. The Balaban J connectivity index is 2.31. The Bertz CT molecular complexity index is 609. The molecule has 0 unspecified atom stereocenters. The molecule has 2 rings (SSSR count). The molecule has 0 saturated carbocycles. The Kier molecular flexibility index (Phi) is 3.79. The summed E-state index contributed by atoms with van der Waals surface area (Å²) in [5.74, 6) is -0.605. The van der Waals surface area contributed by atoms with E-state index in [0.29, 0.717) is 0 Å². The second-order valence-electron chi connectivity index (χ2n) is 4.95. The first-order chi connectivity index (χ1) is 8.99. The summed E-state index contributed by atoms with van der Waals surface area (Å²) >= 11 is 0. The van der Waals surface area contributed by atoms with Crippen molar-refractivity contribution in [2.75, 3.05) is 0 Å². The number of aryl methyl sites for hydroxylation is 3. The Labute approximate surface area is 113 Å². The molecule has 0 fully saturated rings. The normalized spacial score (nSPS) is 10.5. The molecule has 0 spiro atoms. The van der Waals surface area contributed by atoms with E-state index in [1.165, 1.54) is 6.07 Å². The molecule has 98 valence electrons. The summed E-state index contributed by atoms with van der Waals surface area (Å²) in [6, 6.07) is 10.6. The van der Waals surface area contributed by atoms with E-state index in [2.05, 4.69) is 0 Å². The van der Waals surface area contributed by atoms with Crippen LogP contribution in [-0.2, 0) is 6.42 Å². The zero-order chi connectivity index (χ0) is 14.0. The Hall–Kier alpha value is -1.96. The first-order valence-electron chi connectivity index (χ1n) is 6.33. The van der Waals surface area contributed by atoms with Gasteiger partial charge in [0.2, 0.25) is 0 Å². The van der Waals surface area contributed by atoms with Gasteiger partial charge in [0.1, 0.15) is 5.82 Å². The topological polar surface area (TPSA) is 17.1 Å². The monoisotopic (exact) mass is 256 g/mol. The van der Waals surface area contributed by atoms with Crippen LogP contribution in [0.4, 0.5) is 4.39 Å². The van der Waals surface area contributed by atoms with Crippen LogP contribution in [0.25, 0.3) is 0 Å². The van der Waals surface area contributed by atoms with Crippen LogP contribution in [-0.4, -0.2) is 5.78 Å². The number of hydrogen-bond acceptors (Lipinski definition) is 1. The summed E-state index contributed by atoms with van der Waals surface area (Å²) in [5.41, 5.74) is 4.13. The van der Waals surface area contributed by atoms with Gasteiger partial charge in [0.15, 0.2) is 5.78 Å². The zero-order valence-electron chi connectivity index (χ0n) is 11.5. The van der Waals surface area contributed by atoms with Gasteiger partial charge in [-0.3, -0.25) is 4.79 Å². The molecule has 0 aliphatic carbocycles.